The number of amides is 1. The van der Waals surface area contributed by atoms with Crippen molar-refractivity contribution in [3.05, 3.63) is 22.2 Å². The van der Waals surface area contributed by atoms with Crippen LogP contribution >= 0.6 is 35.0 Å². The number of nitrogen functional groups attached to an aromatic ring is 1. The Hall–Kier alpha value is -0.620. The summed E-state index contributed by atoms with van der Waals surface area (Å²) in [5.41, 5.74) is 6.46. The van der Waals surface area contributed by atoms with Crippen LogP contribution in [0.3, 0.4) is 0 Å². The first-order valence-electron chi connectivity index (χ1n) is 6.67. The van der Waals surface area contributed by atoms with E-state index in [4.69, 9.17) is 34.0 Å². The number of hydrogen-bond acceptors (Lipinski definition) is 4. The minimum Gasteiger partial charge on any atom is -0.399 e. The summed E-state index contributed by atoms with van der Waals surface area (Å²) in [6.07, 6.45) is 1.16. The second-order valence-corrected chi connectivity index (χ2v) is 6.84. The first kappa shape index (κ1) is 18.4. The number of hydrogen-bond donors (Lipinski definition) is 3. The molecule has 1 aromatic carbocycles. The van der Waals surface area contributed by atoms with Crippen LogP contribution in [0.1, 0.15) is 19.8 Å². The van der Waals surface area contributed by atoms with E-state index in [0.717, 1.165) is 17.9 Å². The maximum Gasteiger partial charge on any atom is 0.224 e. The fraction of sp³-hybridized carbons (Fsp3) is 0.500. The molecule has 0 saturated heterocycles. The van der Waals surface area contributed by atoms with Crippen molar-refractivity contribution in [1.82, 2.24) is 0 Å². The van der Waals surface area contributed by atoms with Crippen LogP contribution in [-0.4, -0.2) is 29.1 Å². The molecule has 0 radical (unpaired) electrons. The zero-order valence-corrected chi connectivity index (χ0v) is 14.2. The van der Waals surface area contributed by atoms with Crippen LogP contribution in [0.15, 0.2) is 12.1 Å². The number of thioether (sulfide) groups is 1. The monoisotopic (exact) mass is 350 g/mol. The van der Waals surface area contributed by atoms with Crippen molar-refractivity contribution in [3.8, 4) is 0 Å². The second kappa shape index (κ2) is 9.41. The van der Waals surface area contributed by atoms with E-state index < -0.39 is 0 Å². The fourth-order valence-corrected chi connectivity index (χ4v) is 3.21. The first-order chi connectivity index (χ1) is 9.93. The number of nitrogens with one attached hydrogen (secondary N) is 1. The third-order valence-corrected chi connectivity index (χ3v) is 4.71. The molecule has 21 heavy (non-hydrogen) atoms. The van der Waals surface area contributed by atoms with Gasteiger partial charge in [0.05, 0.1) is 15.7 Å². The zero-order chi connectivity index (χ0) is 15.8. The molecule has 0 aliphatic heterocycles. The molecule has 4 N–H and O–H groups in total. The summed E-state index contributed by atoms with van der Waals surface area (Å²) >= 11 is 13.7. The molecule has 7 heteroatoms. The van der Waals surface area contributed by atoms with Crippen molar-refractivity contribution >= 4 is 52.2 Å². The molecule has 0 fully saturated rings. The van der Waals surface area contributed by atoms with E-state index in [2.05, 4.69) is 5.32 Å². The predicted octanol–water partition coefficient (Wildman–Crippen LogP) is 3.66. The summed E-state index contributed by atoms with van der Waals surface area (Å²) in [5.74, 6) is 1.94. The predicted molar refractivity (Wildman–Crippen MR) is 92.3 cm³/mol. The standard InChI is InChI=1S/C14H20Cl2N2O2S/c1-9(7-19)8-21-4-2-3-13(20)18-14-11(15)5-10(17)6-12(14)16/h5-6,9,19H,2-4,7-8,17H2,1H3,(H,18,20). The van der Waals surface area contributed by atoms with Crippen LogP contribution in [0.4, 0.5) is 11.4 Å². The van der Waals surface area contributed by atoms with E-state index in [-0.39, 0.29) is 18.4 Å². The smallest absolute Gasteiger partial charge is 0.224 e. The van der Waals surface area contributed by atoms with Gasteiger partial charge in [0.2, 0.25) is 5.91 Å². The van der Waals surface area contributed by atoms with Gasteiger partial charge in [-0.05, 0) is 36.0 Å². The molecule has 0 bridgehead atoms. The largest absolute Gasteiger partial charge is 0.399 e. The Balaban J connectivity index is 2.35. The lowest BCUT2D eigenvalue weighted by atomic mass is 10.2. The molecule has 1 aromatic rings. The number of rotatable bonds is 8. The highest BCUT2D eigenvalue weighted by molar-refractivity contribution is 7.99. The van der Waals surface area contributed by atoms with Gasteiger partial charge in [-0.25, -0.2) is 0 Å². The minimum absolute atomic E-state index is 0.126. The van der Waals surface area contributed by atoms with E-state index in [1.807, 2.05) is 6.92 Å². The van der Waals surface area contributed by atoms with Gasteiger partial charge >= 0.3 is 0 Å². The molecule has 1 rings (SSSR count). The molecular weight excluding hydrogens is 331 g/mol. The fourth-order valence-electron chi connectivity index (χ4n) is 1.59. The molecule has 1 amide bonds. The zero-order valence-electron chi connectivity index (χ0n) is 11.9. The Morgan fingerprint density at radius 3 is 2.62 bits per heavy atom. The van der Waals surface area contributed by atoms with Crippen molar-refractivity contribution in [1.29, 1.82) is 0 Å². The Morgan fingerprint density at radius 1 is 1.43 bits per heavy atom. The number of carbonyl (C=O) groups excluding carboxylic acids is 1. The Kier molecular flexibility index (Phi) is 8.26. The third kappa shape index (κ3) is 6.78. The van der Waals surface area contributed by atoms with Gasteiger partial charge in [-0.15, -0.1) is 0 Å². The normalized spacial score (nSPS) is 12.2. The van der Waals surface area contributed by atoms with Crippen molar-refractivity contribution in [2.75, 3.05) is 29.2 Å². The molecule has 0 heterocycles. The van der Waals surface area contributed by atoms with E-state index in [9.17, 15) is 4.79 Å². The number of carbonyl (C=O) groups is 1. The molecule has 0 spiro atoms. The van der Waals surface area contributed by atoms with Gasteiger partial charge in [-0.1, -0.05) is 30.1 Å². The summed E-state index contributed by atoms with van der Waals surface area (Å²) < 4.78 is 0. The maximum atomic E-state index is 11.8. The summed E-state index contributed by atoms with van der Waals surface area (Å²) in [6.45, 7) is 2.19. The molecular formula is C14H20Cl2N2O2S. The van der Waals surface area contributed by atoms with Gasteiger partial charge < -0.3 is 16.2 Å². The van der Waals surface area contributed by atoms with E-state index in [0.29, 0.717) is 27.8 Å². The number of aliphatic hydroxyl groups excluding tert-OH is 1. The van der Waals surface area contributed by atoms with Gasteiger partial charge in [0.25, 0.3) is 0 Å². The average Bonchev–Trinajstić information content (AvgIpc) is 2.42. The Morgan fingerprint density at radius 2 is 2.05 bits per heavy atom. The quantitative estimate of drug-likeness (QED) is 0.494. The number of nitrogens with two attached hydrogens (primary N) is 1. The maximum absolute atomic E-state index is 11.8. The molecule has 0 saturated carbocycles. The van der Waals surface area contributed by atoms with Crippen LogP contribution in [0, 0.1) is 5.92 Å². The summed E-state index contributed by atoms with van der Waals surface area (Å²) in [7, 11) is 0. The van der Waals surface area contributed by atoms with Crippen LogP contribution < -0.4 is 11.1 Å². The lowest BCUT2D eigenvalue weighted by Gasteiger charge is -2.10. The molecule has 1 unspecified atom stereocenters. The average molecular weight is 351 g/mol. The minimum atomic E-state index is -0.126. The van der Waals surface area contributed by atoms with Crippen molar-refractivity contribution < 1.29 is 9.90 Å². The van der Waals surface area contributed by atoms with Crippen molar-refractivity contribution in [2.45, 2.75) is 19.8 Å². The summed E-state index contributed by atoms with van der Waals surface area (Å²) in [4.78, 5) is 11.8. The number of aliphatic hydroxyl groups is 1. The third-order valence-electron chi connectivity index (χ3n) is 2.74. The van der Waals surface area contributed by atoms with Crippen molar-refractivity contribution in [3.63, 3.8) is 0 Å². The van der Waals surface area contributed by atoms with Crippen LogP contribution in [-0.2, 0) is 4.79 Å². The van der Waals surface area contributed by atoms with Gasteiger partial charge in [-0.3, -0.25) is 4.79 Å². The van der Waals surface area contributed by atoms with Gasteiger partial charge in [-0.2, -0.15) is 11.8 Å². The lowest BCUT2D eigenvalue weighted by molar-refractivity contribution is -0.116. The van der Waals surface area contributed by atoms with Gasteiger partial charge in [0.15, 0.2) is 0 Å². The molecule has 0 aliphatic rings. The number of anilines is 2. The number of halogens is 2. The van der Waals surface area contributed by atoms with Gasteiger partial charge in [0, 0.05) is 18.7 Å². The van der Waals surface area contributed by atoms with Crippen LogP contribution in [0.25, 0.3) is 0 Å². The van der Waals surface area contributed by atoms with E-state index >= 15 is 0 Å². The second-order valence-electron chi connectivity index (χ2n) is 4.87. The Bertz CT molecular complexity index is 463. The lowest BCUT2D eigenvalue weighted by Crippen LogP contribution is -2.12. The highest BCUT2D eigenvalue weighted by atomic mass is 35.5. The molecule has 1 atom stereocenters. The van der Waals surface area contributed by atoms with Crippen molar-refractivity contribution in [2.24, 2.45) is 5.92 Å². The number of benzene rings is 1. The Labute approximate surface area is 139 Å². The van der Waals surface area contributed by atoms with E-state index in [1.165, 1.54) is 0 Å². The summed E-state index contributed by atoms with van der Waals surface area (Å²) in [5, 5.41) is 12.3. The SMILES string of the molecule is CC(CO)CSCCCC(=O)Nc1c(Cl)cc(N)cc1Cl. The first-order valence-corrected chi connectivity index (χ1v) is 8.58. The van der Waals surface area contributed by atoms with Crippen LogP contribution in [0.5, 0.6) is 0 Å². The molecule has 4 nitrogen and oxygen atoms in total. The molecule has 118 valence electrons. The summed E-state index contributed by atoms with van der Waals surface area (Å²) in [6, 6.07) is 3.10. The van der Waals surface area contributed by atoms with Gasteiger partial charge in [0.1, 0.15) is 0 Å². The van der Waals surface area contributed by atoms with E-state index in [1.54, 1.807) is 23.9 Å². The van der Waals surface area contributed by atoms with Crippen LogP contribution in [0.2, 0.25) is 10.0 Å². The topological polar surface area (TPSA) is 75.3 Å². The highest BCUT2D eigenvalue weighted by Gasteiger charge is 2.11. The molecule has 0 aliphatic carbocycles. The molecule has 0 aromatic heterocycles. The highest BCUT2D eigenvalue weighted by Crippen LogP contribution is 2.32.